The van der Waals surface area contributed by atoms with Crippen molar-refractivity contribution in [3.05, 3.63) is 34.9 Å². The van der Waals surface area contributed by atoms with E-state index < -0.39 is 0 Å². The SMILES string of the molecule is CCC(=O)O[C@H]1CCC2=C(C1)[C@H](/C=C1\CCCC3(C)C1CCC3[C@H](C)/C=C/[C@H](C)C(C)C)NNC2. The van der Waals surface area contributed by atoms with Gasteiger partial charge in [0.2, 0.25) is 0 Å². The minimum Gasteiger partial charge on any atom is -0.462 e. The van der Waals surface area contributed by atoms with E-state index in [0.717, 1.165) is 31.7 Å². The van der Waals surface area contributed by atoms with Crippen molar-refractivity contribution in [2.45, 2.75) is 111 Å². The third-order valence-corrected chi connectivity index (χ3v) is 10.0. The Kier molecular flexibility index (Phi) is 8.64. The van der Waals surface area contributed by atoms with Crippen molar-refractivity contribution in [1.29, 1.82) is 0 Å². The lowest BCUT2D eigenvalue weighted by Crippen LogP contribution is -2.49. The van der Waals surface area contributed by atoms with Crippen molar-refractivity contribution >= 4 is 5.97 Å². The molecule has 4 nitrogen and oxygen atoms in total. The third-order valence-electron chi connectivity index (χ3n) is 10.0. The molecule has 0 saturated heterocycles. The van der Waals surface area contributed by atoms with Crippen LogP contribution in [-0.4, -0.2) is 24.7 Å². The summed E-state index contributed by atoms with van der Waals surface area (Å²) in [4.78, 5) is 11.9. The van der Waals surface area contributed by atoms with Crippen LogP contribution in [0.2, 0.25) is 0 Å². The lowest BCUT2D eigenvalue weighted by atomic mass is 9.61. The summed E-state index contributed by atoms with van der Waals surface area (Å²) in [5, 5.41) is 0. The predicted molar refractivity (Wildman–Crippen MR) is 145 cm³/mol. The molecule has 0 aromatic rings. The first kappa shape index (κ1) is 26.7. The largest absolute Gasteiger partial charge is 0.462 e. The Balaban J connectivity index is 1.50. The summed E-state index contributed by atoms with van der Waals surface area (Å²) < 4.78 is 5.76. The molecule has 3 unspecified atom stereocenters. The van der Waals surface area contributed by atoms with Gasteiger partial charge in [-0.15, -0.1) is 0 Å². The Bertz CT molecular complexity index is 856. The molecule has 2 saturated carbocycles. The summed E-state index contributed by atoms with van der Waals surface area (Å²) in [7, 11) is 0. The van der Waals surface area contributed by atoms with Gasteiger partial charge >= 0.3 is 5.97 Å². The molecule has 2 N–H and O–H groups in total. The molecule has 196 valence electrons. The van der Waals surface area contributed by atoms with Crippen LogP contribution in [0.5, 0.6) is 0 Å². The number of allylic oxidation sites excluding steroid dienone is 3. The smallest absolute Gasteiger partial charge is 0.305 e. The Morgan fingerprint density at radius 1 is 1.14 bits per heavy atom. The van der Waals surface area contributed by atoms with Crippen molar-refractivity contribution in [2.75, 3.05) is 6.54 Å². The second-order valence-corrected chi connectivity index (χ2v) is 12.5. The van der Waals surface area contributed by atoms with Crippen molar-refractivity contribution < 1.29 is 9.53 Å². The normalized spacial score (nSPS) is 36.4. The van der Waals surface area contributed by atoms with E-state index in [9.17, 15) is 4.79 Å². The van der Waals surface area contributed by atoms with Gasteiger partial charge in [0.1, 0.15) is 6.10 Å². The summed E-state index contributed by atoms with van der Waals surface area (Å²) in [6.45, 7) is 14.8. The van der Waals surface area contributed by atoms with Gasteiger partial charge in [-0.25, -0.2) is 5.43 Å². The van der Waals surface area contributed by atoms with Gasteiger partial charge in [0.05, 0.1) is 6.04 Å². The zero-order valence-corrected chi connectivity index (χ0v) is 23.2. The standard InChI is InChI=1S/C31H50N2O2/c1-7-30(34)35-25-13-12-24-19-32-33-29(26(24)18-25)17-23-9-8-16-31(6)27(14-15-28(23)31)22(5)11-10-21(4)20(2)3/h10-11,17,20-22,25,27-29,32-33H,7-9,12-16,18-19H2,1-6H3/b11-10+,23-17+/t21-,22+,25-,27?,28?,29-,31?/m0/s1. The van der Waals surface area contributed by atoms with Crippen LogP contribution in [0.3, 0.4) is 0 Å². The molecule has 4 aliphatic rings. The minimum atomic E-state index is -0.0677. The van der Waals surface area contributed by atoms with E-state index in [4.69, 9.17) is 4.74 Å². The van der Waals surface area contributed by atoms with E-state index in [2.05, 4.69) is 63.7 Å². The molecule has 0 aromatic carbocycles. The topological polar surface area (TPSA) is 50.4 Å². The molecule has 0 spiro atoms. The maximum atomic E-state index is 11.9. The first-order chi connectivity index (χ1) is 16.7. The van der Waals surface area contributed by atoms with Crippen molar-refractivity contribution in [1.82, 2.24) is 10.9 Å². The lowest BCUT2D eigenvalue weighted by molar-refractivity contribution is -0.149. The number of ether oxygens (including phenoxy) is 1. The van der Waals surface area contributed by atoms with E-state index in [0.29, 0.717) is 35.5 Å². The number of hydrazine groups is 1. The number of carbonyl (C=O) groups excluding carboxylic acids is 1. The van der Waals surface area contributed by atoms with Crippen LogP contribution in [0, 0.1) is 35.0 Å². The molecule has 7 atom stereocenters. The number of hydrogen-bond donors (Lipinski definition) is 2. The van der Waals surface area contributed by atoms with E-state index >= 15 is 0 Å². The number of fused-ring (bicyclic) bond motifs is 1. The minimum absolute atomic E-state index is 0.0374. The average molecular weight is 483 g/mol. The Hall–Kier alpha value is -1.39. The molecule has 3 aliphatic carbocycles. The van der Waals surface area contributed by atoms with E-state index in [1.54, 1.807) is 5.57 Å². The van der Waals surface area contributed by atoms with Gasteiger partial charge in [0.15, 0.2) is 0 Å². The zero-order chi connectivity index (χ0) is 25.2. The van der Waals surface area contributed by atoms with Crippen LogP contribution < -0.4 is 10.9 Å². The third kappa shape index (κ3) is 5.80. The molecule has 0 aromatic heterocycles. The van der Waals surface area contributed by atoms with Crippen LogP contribution >= 0.6 is 0 Å². The number of hydrogen-bond acceptors (Lipinski definition) is 4. The molecule has 2 fully saturated rings. The fourth-order valence-electron chi connectivity index (χ4n) is 7.47. The van der Waals surface area contributed by atoms with Gasteiger partial charge in [0.25, 0.3) is 0 Å². The molecular formula is C31H50N2O2. The Morgan fingerprint density at radius 2 is 1.94 bits per heavy atom. The highest BCUT2D eigenvalue weighted by Crippen LogP contribution is 2.59. The quantitative estimate of drug-likeness (QED) is 0.306. The first-order valence-electron chi connectivity index (χ1n) is 14.5. The highest BCUT2D eigenvalue weighted by Gasteiger charge is 2.50. The maximum Gasteiger partial charge on any atom is 0.305 e. The molecule has 0 amide bonds. The van der Waals surface area contributed by atoms with Crippen LogP contribution in [0.4, 0.5) is 0 Å². The van der Waals surface area contributed by atoms with Crippen molar-refractivity contribution in [3.63, 3.8) is 0 Å². The molecule has 4 rings (SSSR count). The molecule has 0 bridgehead atoms. The Labute approximate surface area is 214 Å². The van der Waals surface area contributed by atoms with Crippen molar-refractivity contribution in [3.8, 4) is 0 Å². The number of esters is 1. The van der Waals surface area contributed by atoms with Crippen LogP contribution in [-0.2, 0) is 9.53 Å². The van der Waals surface area contributed by atoms with E-state index in [-0.39, 0.29) is 18.1 Å². The fraction of sp³-hybridized carbons (Fsp3) is 0.774. The molecule has 0 radical (unpaired) electrons. The lowest BCUT2D eigenvalue weighted by Gasteiger charge is -2.44. The predicted octanol–water partition coefficient (Wildman–Crippen LogP) is 6.89. The summed E-state index contributed by atoms with van der Waals surface area (Å²) in [5.74, 6) is 3.39. The highest BCUT2D eigenvalue weighted by atomic mass is 16.5. The molecule has 4 heteroatoms. The number of rotatable bonds is 7. The second kappa shape index (κ2) is 11.3. The van der Waals surface area contributed by atoms with Gasteiger partial charge in [-0.1, -0.05) is 70.9 Å². The molecule has 1 aliphatic heterocycles. The van der Waals surface area contributed by atoms with Crippen LogP contribution in [0.25, 0.3) is 0 Å². The number of carbonyl (C=O) groups is 1. The van der Waals surface area contributed by atoms with Gasteiger partial charge in [-0.3, -0.25) is 10.2 Å². The molecule has 35 heavy (non-hydrogen) atoms. The van der Waals surface area contributed by atoms with Crippen LogP contribution in [0.1, 0.15) is 99.3 Å². The molecule has 1 heterocycles. The van der Waals surface area contributed by atoms with Gasteiger partial charge in [-0.05, 0) is 85.5 Å². The van der Waals surface area contributed by atoms with E-state index in [1.165, 1.54) is 43.3 Å². The fourth-order valence-corrected chi connectivity index (χ4v) is 7.47. The monoisotopic (exact) mass is 482 g/mol. The van der Waals surface area contributed by atoms with Gasteiger partial charge in [-0.2, -0.15) is 0 Å². The zero-order valence-electron chi connectivity index (χ0n) is 23.2. The number of nitrogens with one attached hydrogen (secondary N) is 2. The summed E-state index contributed by atoms with van der Waals surface area (Å²) in [5.41, 5.74) is 12.1. The molecular weight excluding hydrogens is 432 g/mol. The Morgan fingerprint density at radius 3 is 2.69 bits per heavy atom. The average Bonchev–Trinajstić information content (AvgIpc) is 3.20. The van der Waals surface area contributed by atoms with Crippen molar-refractivity contribution in [2.24, 2.45) is 35.0 Å². The maximum absolute atomic E-state index is 11.9. The first-order valence-corrected chi connectivity index (χ1v) is 14.5. The van der Waals surface area contributed by atoms with Crippen LogP contribution in [0.15, 0.2) is 34.9 Å². The van der Waals surface area contributed by atoms with Gasteiger partial charge in [0, 0.05) is 19.4 Å². The summed E-state index contributed by atoms with van der Waals surface area (Å²) in [6.07, 6.45) is 17.5. The summed E-state index contributed by atoms with van der Waals surface area (Å²) >= 11 is 0. The van der Waals surface area contributed by atoms with Gasteiger partial charge < -0.3 is 4.74 Å². The summed E-state index contributed by atoms with van der Waals surface area (Å²) in [6, 6.07) is 0.225. The highest BCUT2D eigenvalue weighted by molar-refractivity contribution is 5.69. The second-order valence-electron chi connectivity index (χ2n) is 12.5. The van der Waals surface area contributed by atoms with E-state index in [1.807, 2.05) is 6.92 Å².